The molecule has 0 radical (unpaired) electrons. The van der Waals surface area contributed by atoms with E-state index >= 15 is 0 Å². The van der Waals surface area contributed by atoms with Gasteiger partial charge in [-0.05, 0) is 0 Å². The SMILES string of the molecule is CCCCCC([O-])[O-].[Ca+2]. The molecule has 0 aromatic rings. The van der Waals surface area contributed by atoms with E-state index in [1.54, 1.807) is 0 Å². The molecule has 0 saturated carbocycles. The molecule has 0 aliphatic heterocycles. The third-order valence-corrected chi connectivity index (χ3v) is 1.04. The molecule has 2 nitrogen and oxygen atoms in total. The third-order valence-electron chi connectivity index (χ3n) is 1.04. The van der Waals surface area contributed by atoms with Crippen LogP contribution in [-0.4, -0.2) is 44.0 Å². The van der Waals surface area contributed by atoms with Crippen molar-refractivity contribution in [2.45, 2.75) is 38.9 Å². The van der Waals surface area contributed by atoms with E-state index in [-0.39, 0.29) is 37.7 Å². The van der Waals surface area contributed by atoms with Gasteiger partial charge in [-0.2, -0.15) is 0 Å². The maximum absolute atomic E-state index is 9.85. The first-order valence-electron chi connectivity index (χ1n) is 3.09. The van der Waals surface area contributed by atoms with Crippen LogP contribution in [0.15, 0.2) is 0 Å². The Morgan fingerprint density at radius 1 is 1.22 bits per heavy atom. The number of hydrogen-bond acceptors (Lipinski definition) is 2. The van der Waals surface area contributed by atoms with E-state index in [0.717, 1.165) is 19.3 Å². The Bertz CT molecular complexity index is 48.3. The van der Waals surface area contributed by atoms with Gasteiger partial charge >= 0.3 is 37.7 Å². The molecular formula is C6H12CaO2. The summed E-state index contributed by atoms with van der Waals surface area (Å²) in [5.74, 6) is 0. The van der Waals surface area contributed by atoms with Gasteiger partial charge in [0.25, 0.3) is 0 Å². The maximum atomic E-state index is 9.85. The fourth-order valence-electron chi connectivity index (χ4n) is 0.561. The van der Waals surface area contributed by atoms with Gasteiger partial charge in [0.05, 0.1) is 0 Å². The van der Waals surface area contributed by atoms with Gasteiger partial charge in [-0.15, -0.1) is 0 Å². The third kappa shape index (κ3) is 12.4. The molecule has 0 spiro atoms. The van der Waals surface area contributed by atoms with E-state index in [9.17, 15) is 10.2 Å². The normalized spacial score (nSPS) is 9.33. The van der Waals surface area contributed by atoms with Crippen molar-refractivity contribution in [3.8, 4) is 0 Å². The Morgan fingerprint density at radius 3 is 2.11 bits per heavy atom. The van der Waals surface area contributed by atoms with Crippen LogP contribution < -0.4 is 10.2 Å². The van der Waals surface area contributed by atoms with Crippen molar-refractivity contribution in [2.75, 3.05) is 0 Å². The Kier molecular flexibility index (Phi) is 13.1. The molecule has 0 amide bonds. The molecular weight excluding hydrogens is 144 g/mol. The summed E-state index contributed by atoms with van der Waals surface area (Å²) in [6, 6.07) is 0. The molecule has 0 fully saturated rings. The van der Waals surface area contributed by atoms with Gasteiger partial charge in [0.2, 0.25) is 0 Å². The van der Waals surface area contributed by atoms with Gasteiger partial charge in [0.1, 0.15) is 0 Å². The van der Waals surface area contributed by atoms with Crippen LogP contribution in [0.25, 0.3) is 0 Å². The van der Waals surface area contributed by atoms with Crippen molar-refractivity contribution >= 4 is 37.7 Å². The van der Waals surface area contributed by atoms with E-state index in [0.29, 0.717) is 6.42 Å². The molecule has 0 heterocycles. The van der Waals surface area contributed by atoms with Crippen molar-refractivity contribution in [1.29, 1.82) is 0 Å². The first-order valence-corrected chi connectivity index (χ1v) is 3.09. The molecule has 0 aliphatic rings. The van der Waals surface area contributed by atoms with Crippen molar-refractivity contribution in [2.24, 2.45) is 0 Å². The quantitative estimate of drug-likeness (QED) is 0.305. The van der Waals surface area contributed by atoms with Crippen LogP contribution in [-0.2, 0) is 0 Å². The van der Waals surface area contributed by atoms with Crippen LogP contribution in [0.4, 0.5) is 0 Å². The molecule has 0 bridgehead atoms. The van der Waals surface area contributed by atoms with E-state index < -0.39 is 6.29 Å². The molecule has 0 unspecified atom stereocenters. The Morgan fingerprint density at radius 2 is 1.78 bits per heavy atom. The topological polar surface area (TPSA) is 46.1 Å². The molecule has 50 valence electrons. The van der Waals surface area contributed by atoms with E-state index in [4.69, 9.17) is 0 Å². The maximum Gasteiger partial charge on any atom is 2.00 e. The molecule has 0 aromatic carbocycles. The number of unbranched alkanes of at least 4 members (excludes halogenated alkanes) is 2. The average molecular weight is 156 g/mol. The van der Waals surface area contributed by atoms with Crippen LogP contribution in [0.5, 0.6) is 0 Å². The average Bonchev–Trinajstić information content (AvgIpc) is 1.66. The zero-order valence-corrected chi connectivity index (χ0v) is 8.14. The predicted molar refractivity (Wildman–Crippen MR) is 33.7 cm³/mol. The summed E-state index contributed by atoms with van der Waals surface area (Å²) in [4.78, 5) is 0. The van der Waals surface area contributed by atoms with E-state index in [1.165, 1.54) is 0 Å². The van der Waals surface area contributed by atoms with Gasteiger partial charge in [0, 0.05) is 0 Å². The summed E-state index contributed by atoms with van der Waals surface area (Å²) in [5, 5.41) is 19.7. The molecule has 0 saturated heterocycles. The molecule has 9 heavy (non-hydrogen) atoms. The number of rotatable bonds is 4. The smallest absolute Gasteiger partial charge is 0.865 e. The van der Waals surface area contributed by atoms with Crippen LogP contribution >= 0.6 is 0 Å². The second-order valence-corrected chi connectivity index (χ2v) is 1.93. The van der Waals surface area contributed by atoms with Crippen LogP contribution in [0.2, 0.25) is 0 Å². The minimum Gasteiger partial charge on any atom is -0.865 e. The van der Waals surface area contributed by atoms with Gasteiger partial charge in [-0.25, -0.2) is 6.29 Å². The summed E-state index contributed by atoms with van der Waals surface area (Å²) in [6.07, 6.45) is 1.59. The van der Waals surface area contributed by atoms with Gasteiger partial charge in [0.15, 0.2) is 0 Å². The molecule has 0 aliphatic carbocycles. The summed E-state index contributed by atoms with van der Waals surface area (Å²) in [5.41, 5.74) is 0. The first-order chi connectivity index (χ1) is 3.77. The zero-order chi connectivity index (χ0) is 6.41. The fourth-order valence-corrected chi connectivity index (χ4v) is 0.561. The summed E-state index contributed by atoms with van der Waals surface area (Å²) in [6.45, 7) is 2.05. The van der Waals surface area contributed by atoms with Gasteiger partial charge < -0.3 is 10.2 Å². The van der Waals surface area contributed by atoms with Gasteiger partial charge in [-0.3, -0.25) is 0 Å². The van der Waals surface area contributed by atoms with Crippen molar-refractivity contribution in [1.82, 2.24) is 0 Å². The van der Waals surface area contributed by atoms with Crippen LogP contribution in [0, 0.1) is 0 Å². The molecule has 0 atom stereocenters. The fraction of sp³-hybridized carbons (Fsp3) is 1.00. The second-order valence-electron chi connectivity index (χ2n) is 1.93. The summed E-state index contributed by atoms with van der Waals surface area (Å²) in [7, 11) is 0. The minimum atomic E-state index is -1.60. The minimum absolute atomic E-state index is 0. The molecule has 0 aromatic heterocycles. The van der Waals surface area contributed by atoms with Crippen LogP contribution in [0.1, 0.15) is 32.6 Å². The van der Waals surface area contributed by atoms with E-state index in [1.807, 2.05) is 6.92 Å². The molecule has 3 heteroatoms. The first kappa shape index (κ1) is 12.8. The van der Waals surface area contributed by atoms with Crippen molar-refractivity contribution in [3.63, 3.8) is 0 Å². The van der Waals surface area contributed by atoms with Gasteiger partial charge in [-0.1, -0.05) is 32.6 Å². The van der Waals surface area contributed by atoms with E-state index in [2.05, 4.69) is 0 Å². The number of hydrogen-bond donors (Lipinski definition) is 0. The van der Waals surface area contributed by atoms with Crippen molar-refractivity contribution in [3.05, 3.63) is 0 Å². The zero-order valence-electron chi connectivity index (χ0n) is 5.93. The largest absolute Gasteiger partial charge is 2.00 e. The Balaban J connectivity index is 0. The predicted octanol–water partition coefficient (Wildman–Crippen LogP) is -0.767. The standard InChI is InChI=1S/C6H12O2.Ca/c1-2-3-4-5-6(7)8;/h6H,2-5H2,1H3;/q-2;+2. The van der Waals surface area contributed by atoms with Crippen LogP contribution in [0.3, 0.4) is 0 Å². The molecule has 0 N–H and O–H groups in total. The monoisotopic (exact) mass is 156 g/mol. The molecule has 0 rings (SSSR count). The Labute approximate surface area is 86.3 Å². The Hall–Kier alpha value is 1.18. The summed E-state index contributed by atoms with van der Waals surface area (Å²) < 4.78 is 0. The van der Waals surface area contributed by atoms with Crippen molar-refractivity contribution < 1.29 is 10.2 Å². The second kappa shape index (κ2) is 9.18. The summed E-state index contributed by atoms with van der Waals surface area (Å²) >= 11 is 0.